The van der Waals surface area contributed by atoms with Crippen LogP contribution in [0.2, 0.25) is 0 Å². The summed E-state index contributed by atoms with van der Waals surface area (Å²) in [4.78, 5) is 8.59. The molecule has 0 aliphatic heterocycles. The normalized spacial score (nSPS) is 10.7. The van der Waals surface area contributed by atoms with Gasteiger partial charge >= 0.3 is 0 Å². The molecule has 1 aromatic heterocycles. The third-order valence-corrected chi connectivity index (χ3v) is 3.05. The van der Waals surface area contributed by atoms with Gasteiger partial charge in [0, 0.05) is 19.3 Å². The maximum absolute atomic E-state index is 12.8. The van der Waals surface area contributed by atoms with Gasteiger partial charge in [-0.05, 0) is 36.1 Å². The predicted octanol–water partition coefficient (Wildman–Crippen LogP) is 3.69. The first-order valence-electron chi connectivity index (χ1n) is 7.18. The first kappa shape index (κ1) is 15.2. The topological polar surface area (TPSA) is 49.8 Å². The fourth-order valence-electron chi connectivity index (χ4n) is 1.81. The fraction of sp³-hybridized carbons (Fsp3) is 0.375. The lowest BCUT2D eigenvalue weighted by atomic mass is 10.1. The summed E-state index contributed by atoms with van der Waals surface area (Å²) in [5.41, 5.74) is 1.00. The SMILES string of the molecule is CC(C)CCNc1nccc(NCc2ccc(F)cc2)n1. The molecule has 4 nitrogen and oxygen atoms in total. The monoisotopic (exact) mass is 288 g/mol. The van der Waals surface area contributed by atoms with E-state index >= 15 is 0 Å². The molecule has 0 bridgehead atoms. The van der Waals surface area contributed by atoms with Crippen LogP contribution >= 0.6 is 0 Å². The van der Waals surface area contributed by atoms with E-state index < -0.39 is 0 Å². The van der Waals surface area contributed by atoms with Crippen LogP contribution in [0.1, 0.15) is 25.8 Å². The average Bonchev–Trinajstić information content (AvgIpc) is 2.47. The van der Waals surface area contributed by atoms with Crippen molar-refractivity contribution in [2.75, 3.05) is 17.2 Å². The lowest BCUT2D eigenvalue weighted by Crippen LogP contribution is -2.09. The number of aromatic nitrogens is 2. The van der Waals surface area contributed by atoms with Crippen molar-refractivity contribution in [2.45, 2.75) is 26.8 Å². The van der Waals surface area contributed by atoms with E-state index in [4.69, 9.17) is 0 Å². The van der Waals surface area contributed by atoms with E-state index in [1.807, 2.05) is 6.07 Å². The highest BCUT2D eigenvalue weighted by molar-refractivity contribution is 5.40. The number of halogens is 1. The third-order valence-electron chi connectivity index (χ3n) is 3.05. The lowest BCUT2D eigenvalue weighted by Gasteiger charge is -2.09. The minimum Gasteiger partial charge on any atom is -0.366 e. The molecule has 0 unspecified atom stereocenters. The van der Waals surface area contributed by atoms with Crippen LogP contribution in [0.25, 0.3) is 0 Å². The second-order valence-electron chi connectivity index (χ2n) is 5.35. The predicted molar refractivity (Wildman–Crippen MR) is 83.7 cm³/mol. The van der Waals surface area contributed by atoms with Gasteiger partial charge in [0.25, 0.3) is 0 Å². The minimum absolute atomic E-state index is 0.225. The molecule has 0 aliphatic carbocycles. The van der Waals surface area contributed by atoms with Crippen LogP contribution in [0.15, 0.2) is 36.5 Å². The molecular weight excluding hydrogens is 267 g/mol. The lowest BCUT2D eigenvalue weighted by molar-refractivity contribution is 0.606. The molecule has 2 N–H and O–H groups in total. The maximum atomic E-state index is 12.8. The van der Waals surface area contributed by atoms with Crippen molar-refractivity contribution in [3.63, 3.8) is 0 Å². The molecule has 0 atom stereocenters. The molecule has 0 saturated heterocycles. The summed E-state index contributed by atoms with van der Waals surface area (Å²) in [5, 5.41) is 6.42. The number of rotatable bonds is 7. The van der Waals surface area contributed by atoms with E-state index in [1.54, 1.807) is 18.3 Å². The molecule has 5 heteroatoms. The summed E-state index contributed by atoms with van der Waals surface area (Å²) in [6, 6.07) is 8.24. The van der Waals surface area contributed by atoms with Crippen LogP contribution in [0.5, 0.6) is 0 Å². The summed E-state index contributed by atoms with van der Waals surface area (Å²) >= 11 is 0. The van der Waals surface area contributed by atoms with Gasteiger partial charge in [-0.25, -0.2) is 9.37 Å². The first-order chi connectivity index (χ1) is 10.1. The summed E-state index contributed by atoms with van der Waals surface area (Å²) < 4.78 is 12.8. The Bertz CT molecular complexity index is 554. The Hall–Kier alpha value is -2.17. The van der Waals surface area contributed by atoms with Gasteiger partial charge in [-0.15, -0.1) is 0 Å². The van der Waals surface area contributed by atoms with Crippen molar-refractivity contribution in [3.05, 3.63) is 47.9 Å². The smallest absolute Gasteiger partial charge is 0.224 e. The zero-order chi connectivity index (χ0) is 15.1. The van der Waals surface area contributed by atoms with E-state index in [1.165, 1.54) is 12.1 Å². The highest BCUT2D eigenvalue weighted by Crippen LogP contribution is 2.09. The van der Waals surface area contributed by atoms with E-state index in [0.29, 0.717) is 18.4 Å². The van der Waals surface area contributed by atoms with Crippen molar-refractivity contribution >= 4 is 11.8 Å². The fourth-order valence-corrected chi connectivity index (χ4v) is 1.81. The molecule has 112 valence electrons. The van der Waals surface area contributed by atoms with E-state index in [-0.39, 0.29) is 5.82 Å². The van der Waals surface area contributed by atoms with Crippen LogP contribution in [0.3, 0.4) is 0 Å². The quantitative estimate of drug-likeness (QED) is 0.816. The molecule has 2 aromatic rings. The third kappa shape index (κ3) is 5.38. The molecule has 0 radical (unpaired) electrons. The number of nitrogens with zero attached hydrogens (tertiary/aromatic N) is 2. The van der Waals surface area contributed by atoms with Crippen LogP contribution in [-0.2, 0) is 6.54 Å². The number of hydrogen-bond donors (Lipinski definition) is 2. The number of nitrogens with one attached hydrogen (secondary N) is 2. The molecule has 0 aliphatic rings. The summed E-state index contributed by atoms with van der Waals surface area (Å²) in [5.74, 6) is 1.80. The van der Waals surface area contributed by atoms with Crippen molar-refractivity contribution in [3.8, 4) is 0 Å². The molecule has 0 amide bonds. The zero-order valence-corrected chi connectivity index (χ0v) is 12.4. The minimum atomic E-state index is -0.225. The number of benzene rings is 1. The van der Waals surface area contributed by atoms with Gasteiger partial charge < -0.3 is 10.6 Å². The Kier molecular flexibility index (Phi) is 5.49. The van der Waals surface area contributed by atoms with Gasteiger partial charge in [0.2, 0.25) is 5.95 Å². The van der Waals surface area contributed by atoms with Crippen molar-refractivity contribution in [1.29, 1.82) is 0 Å². The van der Waals surface area contributed by atoms with Gasteiger partial charge in [0.05, 0.1) is 0 Å². The van der Waals surface area contributed by atoms with E-state index in [9.17, 15) is 4.39 Å². The molecule has 1 aromatic carbocycles. The summed E-state index contributed by atoms with van der Waals surface area (Å²) in [6.45, 7) is 5.83. The largest absolute Gasteiger partial charge is 0.366 e. The van der Waals surface area contributed by atoms with Gasteiger partial charge in [0.15, 0.2) is 0 Å². The Balaban J connectivity index is 1.87. The number of anilines is 2. The first-order valence-corrected chi connectivity index (χ1v) is 7.18. The maximum Gasteiger partial charge on any atom is 0.224 e. The van der Waals surface area contributed by atoms with Gasteiger partial charge in [-0.2, -0.15) is 4.98 Å². The molecule has 0 saturated carbocycles. The molecule has 2 rings (SSSR count). The van der Waals surface area contributed by atoms with Crippen molar-refractivity contribution in [1.82, 2.24) is 9.97 Å². The van der Waals surface area contributed by atoms with E-state index in [0.717, 1.165) is 24.3 Å². The van der Waals surface area contributed by atoms with Crippen LogP contribution in [0, 0.1) is 11.7 Å². The highest BCUT2D eigenvalue weighted by Gasteiger charge is 2.00. The highest BCUT2D eigenvalue weighted by atomic mass is 19.1. The summed E-state index contributed by atoms with van der Waals surface area (Å²) in [6.07, 6.45) is 2.80. The van der Waals surface area contributed by atoms with Crippen molar-refractivity contribution in [2.24, 2.45) is 5.92 Å². The number of hydrogen-bond acceptors (Lipinski definition) is 4. The Labute approximate surface area is 124 Å². The van der Waals surface area contributed by atoms with Crippen molar-refractivity contribution < 1.29 is 4.39 Å². The van der Waals surface area contributed by atoms with Crippen LogP contribution < -0.4 is 10.6 Å². The summed E-state index contributed by atoms with van der Waals surface area (Å²) in [7, 11) is 0. The Morgan fingerprint density at radius 1 is 1.10 bits per heavy atom. The molecular formula is C16H21FN4. The molecule has 21 heavy (non-hydrogen) atoms. The molecule has 1 heterocycles. The standard InChI is InChI=1S/C16H21FN4/c1-12(2)7-9-18-16-19-10-8-15(21-16)20-11-13-3-5-14(17)6-4-13/h3-6,8,10,12H,7,9,11H2,1-2H3,(H2,18,19,20,21). The van der Waals surface area contributed by atoms with E-state index in [2.05, 4.69) is 34.4 Å². The second kappa shape index (κ2) is 7.57. The zero-order valence-electron chi connectivity index (χ0n) is 12.4. The second-order valence-corrected chi connectivity index (χ2v) is 5.35. The Morgan fingerprint density at radius 3 is 2.57 bits per heavy atom. The molecule has 0 spiro atoms. The van der Waals surface area contributed by atoms with Gasteiger partial charge in [-0.3, -0.25) is 0 Å². The average molecular weight is 288 g/mol. The van der Waals surface area contributed by atoms with Gasteiger partial charge in [-0.1, -0.05) is 26.0 Å². The van der Waals surface area contributed by atoms with Gasteiger partial charge in [0.1, 0.15) is 11.6 Å². The Morgan fingerprint density at radius 2 is 1.86 bits per heavy atom. The van der Waals surface area contributed by atoms with Crippen LogP contribution in [-0.4, -0.2) is 16.5 Å². The molecule has 0 fully saturated rings. The van der Waals surface area contributed by atoms with Crippen LogP contribution in [0.4, 0.5) is 16.2 Å².